The number of halogens is 2. The molecule has 2 aromatic carbocycles. The molecule has 1 fully saturated rings. The van der Waals surface area contributed by atoms with E-state index in [0.717, 1.165) is 37.4 Å². The molecule has 0 spiro atoms. The summed E-state index contributed by atoms with van der Waals surface area (Å²) in [6.45, 7) is 1.53. The van der Waals surface area contributed by atoms with Gasteiger partial charge in [0.1, 0.15) is 17.5 Å². The number of nitrogen functional groups attached to an aromatic ring is 1. The number of fused-ring (bicyclic) bond motifs is 1. The van der Waals surface area contributed by atoms with Crippen LogP contribution in [0.2, 0.25) is 0 Å². The van der Waals surface area contributed by atoms with E-state index in [1.807, 2.05) is 17.0 Å². The molecule has 0 amide bonds. The van der Waals surface area contributed by atoms with Crippen LogP contribution in [0.15, 0.2) is 30.3 Å². The first kappa shape index (κ1) is 16.5. The van der Waals surface area contributed by atoms with Crippen molar-refractivity contribution < 1.29 is 8.78 Å². The molecule has 7 heteroatoms. The minimum atomic E-state index is -0.598. The summed E-state index contributed by atoms with van der Waals surface area (Å²) in [5, 5.41) is 3.78. The summed E-state index contributed by atoms with van der Waals surface area (Å²) in [5.41, 5.74) is 8.06. The molecule has 0 atom stereocenters. The van der Waals surface area contributed by atoms with Gasteiger partial charge in [0.15, 0.2) is 0 Å². The lowest BCUT2D eigenvalue weighted by Crippen LogP contribution is -2.20. The van der Waals surface area contributed by atoms with Gasteiger partial charge in [-0.15, -0.1) is 0 Å². The van der Waals surface area contributed by atoms with Crippen LogP contribution in [-0.2, 0) is 0 Å². The van der Waals surface area contributed by atoms with Crippen LogP contribution in [0.4, 0.5) is 26.2 Å². The first-order valence-electron chi connectivity index (χ1n) is 8.56. The topological polar surface area (TPSA) is 67.1 Å². The third kappa shape index (κ3) is 2.79. The predicted molar refractivity (Wildman–Crippen MR) is 100 cm³/mol. The van der Waals surface area contributed by atoms with Crippen LogP contribution in [0.1, 0.15) is 12.8 Å². The molecule has 0 aliphatic carbocycles. The maximum Gasteiger partial charge on any atom is 0.222 e. The zero-order valence-corrected chi connectivity index (χ0v) is 14.4. The summed E-state index contributed by atoms with van der Waals surface area (Å²) in [6.07, 6.45) is 2.01. The number of nitrogens with two attached hydrogens (primary N) is 1. The number of hydrogen-bond donors (Lipinski definition) is 2. The van der Waals surface area contributed by atoms with E-state index in [4.69, 9.17) is 5.73 Å². The van der Waals surface area contributed by atoms with Crippen molar-refractivity contribution in [2.45, 2.75) is 12.8 Å². The van der Waals surface area contributed by atoms with Gasteiger partial charge in [-0.05, 0) is 36.6 Å². The van der Waals surface area contributed by atoms with Crippen LogP contribution in [0.3, 0.4) is 0 Å². The summed E-state index contributed by atoms with van der Waals surface area (Å²) in [7, 11) is 1.75. The first-order chi connectivity index (χ1) is 12.6. The van der Waals surface area contributed by atoms with E-state index in [2.05, 4.69) is 15.3 Å². The van der Waals surface area contributed by atoms with Crippen molar-refractivity contribution in [2.24, 2.45) is 0 Å². The average Bonchev–Trinajstić information content (AvgIpc) is 3.13. The molecule has 1 aromatic heterocycles. The summed E-state index contributed by atoms with van der Waals surface area (Å²) in [5.74, 6) is -0.382. The van der Waals surface area contributed by atoms with Crippen LogP contribution in [-0.4, -0.2) is 30.1 Å². The molecular weight excluding hydrogens is 336 g/mol. The maximum absolute atomic E-state index is 14.6. The molecule has 134 valence electrons. The van der Waals surface area contributed by atoms with Gasteiger partial charge in [0.2, 0.25) is 5.95 Å². The highest BCUT2D eigenvalue weighted by atomic mass is 19.1. The lowest BCUT2D eigenvalue weighted by molar-refractivity contribution is 0.582. The third-order valence-electron chi connectivity index (χ3n) is 4.71. The van der Waals surface area contributed by atoms with Crippen LogP contribution in [0.25, 0.3) is 22.0 Å². The number of aromatic nitrogens is 2. The Labute approximate surface area is 149 Å². The lowest BCUT2D eigenvalue weighted by atomic mass is 10.0. The summed E-state index contributed by atoms with van der Waals surface area (Å²) < 4.78 is 28.6. The number of hydrogen-bond acceptors (Lipinski definition) is 5. The smallest absolute Gasteiger partial charge is 0.222 e. The highest BCUT2D eigenvalue weighted by Gasteiger charge is 2.22. The Morgan fingerprint density at radius 1 is 1.08 bits per heavy atom. The van der Waals surface area contributed by atoms with Crippen LogP contribution >= 0.6 is 0 Å². The molecule has 2 heterocycles. The van der Waals surface area contributed by atoms with Gasteiger partial charge in [-0.3, -0.25) is 0 Å². The second-order valence-corrected chi connectivity index (χ2v) is 6.39. The van der Waals surface area contributed by atoms with E-state index >= 15 is 0 Å². The lowest BCUT2D eigenvalue weighted by Gasteiger charge is -2.22. The van der Waals surface area contributed by atoms with E-state index in [-0.39, 0.29) is 5.95 Å². The second kappa shape index (κ2) is 6.40. The SMILES string of the molecule is CNc1nc(N)nc2cc(-c3cc(F)cc(F)c3N3CCCC3)ccc12. The molecule has 5 nitrogen and oxygen atoms in total. The fraction of sp³-hybridized carbons (Fsp3) is 0.263. The van der Waals surface area contributed by atoms with Crippen molar-refractivity contribution >= 4 is 28.4 Å². The molecule has 0 radical (unpaired) electrons. The van der Waals surface area contributed by atoms with Crippen LogP contribution in [0.5, 0.6) is 0 Å². The predicted octanol–water partition coefficient (Wildman–Crippen LogP) is 3.80. The van der Waals surface area contributed by atoms with Gasteiger partial charge < -0.3 is 16.0 Å². The van der Waals surface area contributed by atoms with Crippen molar-refractivity contribution in [3.05, 3.63) is 42.0 Å². The van der Waals surface area contributed by atoms with Gasteiger partial charge in [-0.1, -0.05) is 6.07 Å². The largest absolute Gasteiger partial charge is 0.372 e. The summed E-state index contributed by atoms with van der Waals surface area (Å²) in [6, 6.07) is 7.78. The van der Waals surface area contributed by atoms with Crippen molar-refractivity contribution in [3.8, 4) is 11.1 Å². The van der Waals surface area contributed by atoms with Crippen molar-refractivity contribution in [1.29, 1.82) is 0 Å². The first-order valence-corrected chi connectivity index (χ1v) is 8.56. The minimum Gasteiger partial charge on any atom is -0.372 e. The van der Waals surface area contributed by atoms with E-state index in [1.165, 1.54) is 6.07 Å². The Hall–Kier alpha value is -2.96. The normalized spacial score (nSPS) is 14.2. The van der Waals surface area contributed by atoms with E-state index in [1.54, 1.807) is 13.1 Å². The van der Waals surface area contributed by atoms with E-state index in [9.17, 15) is 8.78 Å². The molecule has 4 rings (SSSR count). The average molecular weight is 355 g/mol. The van der Waals surface area contributed by atoms with Gasteiger partial charge in [0.25, 0.3) is 0 Å². The molecule has 26 heavy (non-hydrogen) atoms. The third-order valence-corrected chi connectivity index (χ3v) is 4.71. The Balaban J connectivity index is 1.92. The fourth-order valence-electron chi connectivity index (χ4n) is 3.55. The molecular formula is C19H19F2N5. The van der Waals surface area contributed by atoms with Gasteiger partial charge in [-0.25, -0.2) is 13.8 Å². The fourth-order valence-corrected chi connectivity index (χ4v) is 3.55. The molecule has 1 aliphatic rings. The summed E-state index contributed by atoms with van der Waals surface area (Å²) >= 11 is 0. The quantitative estimate of drug-likeness (QED) is 0.748. The van der Waals surface area contributed by atoms with Crippen LogP contribution < -0.4 is 16.0 Å². The van der Waals surface area contributed by atoms with Crippen LogP contribution in [0, 0.1) is 11.6 Å². The molecule has 1 saturated heterocycles. The number of nitrogens with zero attached hydrogens (tertiary/aromatic N) is 3. The van der Waals surface area contributed by atoms with E-state index < -0.39 is 11.6 Å². The Morgan fingerprint density at radius 2 is 1.85 bits per heavy atom. The molecule has 0 bridgehead atoms. The zero-order valence-electron chi connectivity index (χ0n) is 14.4. The number of benzene rings is 2. The molecule has 0 saturated carbocycles. The maximum atomic E-state index is 14.6. The standard InChI is InChI=1S/C19H19F2N5/c1-23-18-13-5-4-11(8-16(13)24-19(22)25-18)14-9-12(20)10-15(21)17(14)26-6-2-3-7-26/h4-5,8-10H,2-3,6-7H2,1H3,(H3,22,23,24,25). The monoisotopic (exact) mass is 355 g/mol. The Bertz CT molecular complexity index is 983. The summed E-state index contributed by atoms with van der Waals surface area (Å²) in [4.78, 5) is 10.4. The zero-order chi connectivity index (χ0) is 18.3. The van der Waals surface area contributed by atoms with Gasteiger partial charge >= 0.3 is 0 Å². The minimum absolute atomic E-state index is 0.143. The van der Waals surface area contributed by atoms with Gasteiger partial charge in [0, 0.05) is 37.2 Å². The van der Waals surface area contributed by atoms with Crippen molar-refractivity contribution in [3.63, 3.8) is 0 Å². The van der Waals surface area contributed by atoms with Gasteiger partial charge in [0.05, 0.1) is 11.2 Å². The number of anilines is 3. The number of rotatable bonds is 3. The Kier molecular flexibility index (Phi) is 4.06. The highest BCUT2D eigenvalue weighted by Crippen LogP contribution is 2.37. The van der Waals surface area contributed by atoms with Gasteiger partial charge in [-0.2, -0.15) is 4.98 Å². The van der Waals surface area contributed by atoms with E-state index in [0.29, 0.717) is 28.1 Å². The number of nitrogens with one attached hydrogen (secondary N) is 1. The second-order valence-electron chi connectivity index (χ2n) is 6.39. The molecule has 3 aromatic rings. The molecule has 1 aliphatic heterocycles. The highest BCUT2D eigenvalue weighted by molar-refractivity contribution is 5.94. The van der Waals surface area contributed by atoms with Crippen molar-refractivity contribution in [2.75, 3.05) is 36.1 Å². The Morgan fingerprint density at radius 3 is 2.58 bits per heavy atom. The molecule has 0 unspecified atom stereocenters. The molecule has 3 N–H and O–H groups in total. The van der Waals surface area contributed by atoms with Crippen molar-refractivity contribution in [1.82, 2.24) is 9.97 Å².